The number of hydrogen-bond donors (Lipinski definition) is 1. The van der Waals surface area contributed by atoms with E-state index >= 15 is 0 Å². The maximum Gasteiger partial charge on any atom is 0.260 e. The van der Waals surface area contributed by atoms with E-state index in [2.05, 4.69) is 5.32 Å². The van der Waals surface area contributed by atoms with Crippen LogP contribution in [-0.4, -0.2) is 47.9 Å². The van der Waals surface area contributed by atoms with Crippen LogP contribution in [0.1, 0.15) is 40.8 Å². The van der Waals surface area contributed by atoms with Crippen molar-refractivity contribution in [1.82, 2.24) is 4.90 Å². The van der Waals surface area contributed by atoms with Crippen LogP contribution >= 0.6 is 35.1 Å². The van der Waals surface area contributed by atoms with E-state index in [0.29, 0.717) is 39.7 Å². The molecule has 166 valence electrons. The molecule has 1 aliphatic rings. The Morgan fingerprint density at radius 2 is 1.77 bits per heavy atom. The standard InChI is InChI=1S/C23H27ClN2O3S2/c1-3-26(4-2)21(27)15-29-20-11-10-18(14-19(20)24)25-22(28)16-6-8-17(9-7-16)23-30-12-5-13-31-23/h6-11,14,23H,3-5,12-13,15H2,1-2H3,(H,25,28). The summed E-state index contributed by atoms with van der Waals surface area (Å²) in [4.78, 5) is 26.4. The van der Waals surface area contributed by atoms with Crippen molar-refractivity contribution in [2.75, 3.05) is 36.5 Å². The molecule has 0 spiro atoms. The molecule has 0 bridgehead atoms. The van der Waals surface area contributed by atoms with Crippen molar-refractivity contribution in [3.05, 3.63) is 58.6 Å². The Morgan fingerprint density at radius 1 is 1.10 bits per heavy atom. The van der Waals surface area contributed by atoms with Crippen LogP contribution in [0.2, 0.25) is 5.02 Å². The van der Waals surface area contributed by atoms with E-state index in [9.17, 15) is 9.59 Å². The van der Waals surface area contributed by atoms with Crippen molar-refractivity contribution in [3.8, 4) is 5.75 Å². The van der Waals surface area contributed by atoms with Crippen molar-refractivity contribution >= 4 is 52.6 Å². The topological polar surface area (TPSA) is 58.6 Å². The third-order valence-corrected chi connectivity index (χ3v) is 8.24. The first-order valence-corrected chi connectivity index (χ1v) is 12.8. The summed E-state index contributed by atoms with van der Waals surface area (Å²) in [6.45, 7) is 5.05. The molecule has 5 nitrogen and oxygen atoms in total. The van der Waals surface area contributed by atoms with Gasteiger partial charge in [0.2, 0.25) is 0 Å². The van der Waals surface area contributed by atoms with Crippen LogP contribution in [0.15, 0.2) is 42.5 Å². The van der Waals surface area contributed by atoms with Crippen LogP contribution in [0.25, 0.3) is 0 Å². The van der Waals surface area contributed by atoms with Crippen molar-refractivity contribution < 1.29 is 14.3 Å². The highest BCUT2D eigenvalue weighted by Crippen LogP contribution is 2.43. The molecule has 1 heterocycles. The molecule has 2 aromatic carbocycles. The number of carbonyl (C=O) groups is 2. The number of likely N-dealkylation sites (N-methyl/N-ethyl adjacent to an activating group) is 1. The average molecular weight is 479 g/mol. The van der Waals surface area contributed by atoms with Crippen LogP contribution in [-0.2, 0) is 4.79 Å². The van der Waals surface area contributed by atoms with Gasteiger partial charge in [-0.15, -0.1) is 23.5 Å². The summed E-state index contributed by atoms with van der Waals surface area (Å²) in [5.41, 5.74) is 2.41. The number of nitrogens with one attached hydrogen (secondary N) is 1. The molecule has 0 saturated carbocycles. The minimum absolute atomic E-state index is 0.0724. The summed E-state index contributed by atoms with van der Waals surface area (Å²) in [6, 6.07) is 12.8. The Labute approximate surface area is 197 Å². The molecule has 3 rings (SSSR count). The highest BCUT2D eigenvalue weighted by molar-refractivity contribution is 8.16. The SMILES string of the molecule is CCN(CC)C(=O)COc1ccc(NC(=O)c2ccc(C3SCCCS3)cc2)cc1Cl. The largest absolute Gasteiger partial charge is 0.482 e. The molecule has 2 aromatic rings. The molecule has 8 heteroatoms. The van der Waals surface area contributed by atoms with Gasteiger partial charge in [0, 0.05) is 24.3 Å². The summed E-state index contributed by atoms with van der Waals surface area (Å²) in [7, 11) is 0. The van der Waals surface area contributed by atoms with Gasteiger partial charge >= 0.3 is 0 Å². The lowest BCUT2D eigenvalue weighted by Crippen LogP contribution is -2.34. The summed E-state index contributed by atoms with van der Waals surface area (Å²) in [5.74, 6) is 2.49. The second-order valence-electron chi connectivity index (χ2n) is 7.00. The van der Waals surface area contributed by atoms with E-state index in [0.717, 1.165) is 0 Å². The number of carbonyl (C=O) groups excluding carboxylic acids is 2. The van der Waals surface area contributed by atoms with Crippen molar-refractivity contribution in [3.63, 3.8) is 0 Å². The number of halogens is 1. The lowest BCUT2D eigenvalue weighted by molar-refractivity contribution is -0.132. The molecule has 0 atom stereocenters. The van der Waals surface area contributed by atoms with Gasteiger partial charge in [-0.3, -0.25) is 9.59 Å². The van der Waals surface area contributed by atoms with Gasteiger partial charge in [-0.25, -0.2) is 0 Å². The number of rotatable bonds is 8. The second-order valence-corrected chi connectivity index (χ2v) is 10.1. The Bertz CT molecular complexity index is 898. The highest BCUT2D eigenvalue weighted by Gasteiger charge is 2.17. The van der Waals surface area contributed by atoms with Gasteiger partial charge in [0.15, 0.2) is 6.61 Å². The zero-order valence-corrected chi connectivity index (χ0v) is 20.1. The third kappa shape index (κ3) is 6.57. The van der Waals surface area contributed by atoms with E-state index < -0.39 is 0 Å². The van der Waals surface area contributed by atoms with Gasteiger partial charge in [0.25, 0.3) is 11.8 Å². The van der Waals surface area contributed by atoms with Crippen LogP contribution in [0.3, 0.4) is 0 Å². The summed E-state index contributed by atoms with van der Waals surface area (Å²) >= 11 is 10.2. The van der Waals surface area contributed by atoms with E-state index in [1.54, 1.807) is 23.1 Å². The van der Waals surface area contributed by atoms with Crippen LogP contribution in [0.5, 0.6) is 5.75 Å². The number of amides is 2. The predicted molar refractivity (Wildman–Crippen MR) is 132 cm³/mol. The monoisotopic (exact) mass is 478 g/mol. The summed E-state index contributed by atoms with van der Waals surface area (Å²) in [5, 5.41) is 3.20. The maximum absolute atomic E-state index is 12.6. The molecule has 1 N–H and O–H groups in total. The highest BCUT2D eigenvalue weighted by atomic mass is 35.5. The first-order chi connectivity index (χ1) is 15.0. The number of benzene rings is 2. The smallest absolute Gasteiger partial charge is 0.260 e. The minimum atomic E-state index is -0.197. The second kappa shape index (κ2) is 11.7. The molecule has 0 aliphatic carbocycles. The number of thioether (sulfide) groups is 2. The van der Waals surface area contributed by atoms with Gasteiger partial charge in [-0.05, 0) is 67.7 Å². The zero-order valence-electron chi connectivity index (χ0n) is 17.7. The summed E-state index contributed by atoms with van der Waals surface area (Å²) < 4.78 is 6.01. The molecule has 0 radical (unpaired) electrons. The van der Waals surface area contributed by atoms with Crippen molar-refractivity contribution in [2.45, 2.75) is 24.9 Å². The maximum atomic E-state index is 12.6. The lowest BCUT2D eigenvalue weighted by Gasteiger charge is -2.21. The fourth-order valence-electron chi connectivity index (χ4n) is 3.18. The summed E-state index contributed by atoms with van der Waals surface area (Å²) in [6.07, 6.45) is 1.25. The molecule has 0 unspecified atom stereocenters. The van der Waals surface area contributed by atoms with Gasteiger partial charge < -0.3 is 15.0 Å². The lowest BCUT2D eigenvalue weighted by atomic mass is 10.1. The third-order valence-electron chi connectivity index (χ3n) is 4.93. The average Bonchev–Trinajstić information content (AvgIpc) is 2.80. The van der Waals surface area contributed by atoms with E-state index in [4.69, 9.17) is 16.3 Å². The molecule has 1 fully saturated rings. The Kier molecular flexibility index (Phi) is 8.99. The van der Waals surface area contributed by atoms with E-state index in [-0.39, 0.29) is 18.4 Å². The Balaban J connectivity index is 1.57. The fraction of sp³-hybridized carbons (Fsp3) is 0.391. The van der Waals surface area contributed by atoms with Crippen LogP contribution in [0.4, 0.5) is 5.69 Å². The quantitative estimate of drug-likeness (QED) is 0.526. The van der Waals surface area contributed by atoms with Gasteiger partial charge in [0.1, 0.15) is 5.75 Å². The van der Waals surface area contributed by atoms with Crippen LogP contribution < -0.4 is 10.1 Å². The van der Waals surface area contributed by atoms with Gasteiger partial charge in [0.05, 0.1) is 9.60 Å². The molecule has 31 heavy (non-hydrogen) atoms. The molecule has 1 aliphatic heterocycles. The molecule has 2 amide bonds. The van der Waals surface area contributed by atoms with Gasteiger partial charge in [-0.2, -0.15) is 0 Å². The molecular formula is C23H27ClN2O3S2. The molecular weight excluding hydrogens is 452 g/mol. The minimum Gasteiger partial charge on any atom is -0.482 e. The van der Waals surface area contributed by atoms with Crippen molar-refractivity contribution in [1.29, 1.82) is 0 Å². The van der Waals surface area contributed by atoms with E-state index in [1.165, 1.54) is 23.5 Å². The van der Waals surface area contributed by atoms with Crippen LogP contribution in [0, 0.1) is 0 Å². The first-order valence-electron chi connectivity index (χ1n) is 10.4. The Hall–Kier alpha value is -1.83. The van der Waals surface area contributed by atoms with E-state index in [1.807, 2.05) is 61.6 Å². The normalized spacial score (nSPS) is 14.2. The van der Waals surface area contributed by atoms with Crippen molar-refractivity contribution in [2.24, 2.45) is 0 Å². The number of hydrogen-bond acceptors (Lipinski definition) is 5. The predicted octanol–water partition coefficient (Wildman–Crippen LogP) is 5.71. The number of ether oxygens (including phenoxy) is 1. The number of nitrogens with zero attached hydrogens (tertiary/aromatic N) is 1. The Morgan fingerprint density at radius 3 is 2.39 bits per heavy atom. The molecule has 0 aromatic heterocycles. The first kappa shape index (κ1) is 23.8. The fourth-order valence-corrected chi connectivity index (χ4v) is 6.31. The van der Waals surface area contributed by atoms with Gasteiger partial charge in [-0.1, -0.05) is 23.7 Å². The zero-order chi connectivity index (χ0) is 22.2. The number of anilines is 1. The molecule has 1 saturated heterocycles.